The molecular formula is C27H25BrF3N5O3. The maximum absolute atomic E-state index is 13.5. The zero-order valence-electron chi connectivity index (χ0n) is 21.2. The first-order valence-electron chi connectivity index (χ1n) is 11.9. The van der Waals surface area contributed by atoms with Crippen LogP contribution in [-0.2, 0) is 12.7 Å². The SMILES string of the molecule is Cc1nn(Cc2ccc(C(=O)N[C@H](C)CO)cc2)c(C)c1NC(=O)c1cc(C(F)(F)F)nc2ccc(Br)cc12. The largest absolute Gasteiger partial charge is 0.433 e. The number of fused-ring (bicyclic) bond motifs is 1. The normalized spacial score (nSPS) is 12.4. The van der Waals surface area contributed by atoms with E-state index in [9.17, 15) is 22.8 Å². The summed E-state index contributed by atoms with van der Waals surface area (Å²) in [6.07, 6.45) is -4.72. The molecule has 0 aliphatic rings. The molecule has 2 aromatic carbocycles. The molecule has 4 aromatic rings. The number of carbonyl (C=O) groups is 2. The van der Waals surface area contributed by atoms with Crippen molar-refractivity contribution in [3.8, 4) is 0 Å². The van der Waals surface area contributed by atoms with Crippen molar-refractivity contribution in [3.63, 3.8) is 0 Å². The van der Waals surface area contributed by atoms with Gasteiger partial charge in [0.1, 0.15) is 5.69 Å². The molecule has 0 saturated carbocycles. The van der Waals surface area contributed by atoms with Crippen LogP contribution in [0.15, 0.2) is 53.0 Å². The van der Waals surface area contributed by atoms with Crippen LogP contribution in [0.3, 0.4) is 0 Å². The molecule has 0 aliphatic heterocycles. The van der Waals surface area contributed by atoms with E-state index in [1.165, 1.54) is 6.07 Å². The highest BCUT2D eigenvalue weighted by molar-refractivity contribution is 9.10. The lowest BCUT2D eigenvalue weighted by molar-refractivity contribution is -0.141. The molecule has 0 fully saturated rings. The van der Waals surface area contributed by atoms with Gasteiger partial charge in [0.25, 0.3) is 11.8 Å². The molecule has 3 N–H and O–H groups in total. The Morgan fingerprint density at radius 2 is 1.77 bits per heavy atom. The molecule has 0 spiro atoms. The number of pyridine rings is 1. The van der Waals surface area contributed by atoms with Crippen molar-refractivity contribution in [2.45, 2.75) is 39.5 Å². The van der Waals surface area contributed by atoms with Crippen molar-refractivity contribution in [1.29, 1.82) is 0 Å². The fourth-order valence-electron chi connectivity index (χ4n) is 4.03. The van der Waals surface area contributed by atoms with Gasteiger partial charge in [0.05, 0.1) is 41.3 Å². The molecule has 2 amide bonds. The van der Waals surface area contributed by atoms with Crippen LogP contribution in [0.4, 0.5) is 18.9 Å². The maximum Gasteiger partial charge on any atom is 0.433 e. The molecule has 2 heterocycles. The van der Waals surface area contributed by atoms with Crippen LogP contribution < -0.4 is 10.6 Å². The van der Waals surface area contributed by atoms with E-state index in [0.717, 1.165) is 11.6 Å². The van der Waals surface area contributed by atoms with E-state index in [4.69, 9.17) is 5.11 Å². The lowest BCUT2D eigenvalue weighted by atomic mass is 10.1. The summed E-state index contributed by atoms with van der Waals surface area (Å²) in [6, 6.07) is 11.8. The quantitative estimate of drug-likeness (QED) is 0.268. The minimum atomic E-state index is -4.72. The van der Waals surface area contributed by atoms with Crippen molar-refractivity contribution < 1.29 is 27.9 Å². The Balaban J connectivity index is 1.58. The summed E-state index contributed by atoms with van der Waals surface area (Å²) >= 11 is 3.30. The van der Waals surface area contributed by atoms with Gasteiger partial charge in [0.15, 0.2) is 0 Å². The van der Waals surface area contributed by atoms with Crippen LogP contribution in [0.5, 0.6) is 0 Å². The van der Waals surface area contributed by atoms with Crippen LogP contribution in [0.1, 0.15) is 50.3 Å². The number of benzene rings is 2. The van der Waals surface area contributed by atoms with Crippen LogP contribution in [0, 0.1) is 13.8 Å². The lowest BCUT2D eigenvalue weighted by Gasteiger charge is -2.13. The molecule has 0 aliphatic carbocycles. The first kappa shape index (κ1) is 28.2. The number of hydrogen-bond acceptors (Lipinski definition) is 5. The first-order chi connectivity index (χ1) is 18.4. The van der Waals surface area contributed by atoms with E-state index in [-0.39, 0.29) is 35.0 Å². The van der Waals surface area contributed by atoms with E-state index in [0.29, 0.717) is 33.7 Å². The van der Waals surface area contributed by atoms with Crippen molar-refractivity contribution >= 4 is 44.3 Å². The molecule has 39 heavy (non-hydrogen) atoms. The average molecular weight is 604 g/mol. The van der Waals surface area contributed by atoms with Crippen molar-refractivity contribution in [2.75, 3.05) is 11.9 Å². The lowest BCUT2D eigenvalue weighted by Crippen LogP contribution is -2.34. The summed E-state index contributed by atoms with van der Waals surface area (Å²) in [4.78, 5) is 29.2. The van der Waals surface area contributed by atoms with Crippen molar-refractivity contribution in [1.82, 2.24) is 20.1 Å². The fraction of sp³-hybridized carbons (Fsp3) is 0.259. The number of alkyl halides is 3. The topological polar surface area (TPSA) is 109 Å². The molecule has 1 atom stereocenters. The zero-order chi connectivity index (χ0) is 28.5. The average Bonchev–Trinajstić information content (AvgIpc) is 3.14. The second-order valence-electron chi connectivity index (χ2n) is 9.13. The number of hydrogen-bond donors (Lipinski definition) is 3. The van der Waals surface area contributed by atoms with Gasteiger partial charge >= 0.3 is 6.18 Å². The number of aromatic nitrogens is 3. The van der Waals surface area contributed by atoms with Gasteiger partial charge in [-0.15, -0.1) is 0 Å². The maximum atomic E-state index is 13.5. The predicted octanol–water partition coefficient (Wildman–Crippen LogP) is 5.24. The number of nitrogens with zero attached hydrogens (tertiary/aromatic N) is 3. The number of anilines is 1. The molecule has 0 radical (unpaired) electrons. The fourth-order valence-corrected chi connectivity index (χ4v) is 4.39. The first-order valence-corrected chi connectivity index (χ1v) is 12.7. The Labute approximate surface area is 230 Å². The minimum absolute atomic E-state index is 0.0465. The molecule has 204 valence electrons. The summed E-state index contributed by atoms with van der Waals surface area (Å²) in [5, 5.41) is 19.3. The molecular weight excluding hydrogens is 579 g/mol. The van der Waals surface area contributed by atoms with Crippen LogP contribution in [0.25, 0.3) is 10.9 Å². The predicted molar refractivity (Wildman–Crippen MR) is 144 cm³/mol. The number of nitrogens with one attached hydrogen (secondary N) is 2. The van der Waals surface area contributed by atoms with Gasteiger partial charge in [-0.25, -0.2) is 4.98 Å². The zero-order valence-corrected chi connectivity index (χ0v) is 22.8. The highest BCUT2D eigenvalue weighted by Crippen LogP contribution is 2.32. The van der Waals surface area contributed by atoms with Crippen molar-refractivity contribution in [3.05, 3.63) is 86.8 Å². The molecule has 12 heteroatoms. The Hall–Kier alpha value is -3.77. The number of aliphatic hydroxyl groups excluding tert-OH is 1. The van der Waals surface area contributed by atoms with E-state index >= 15 is 0 Å². The number of halogens is 4. The summed E-state index contributed by atoms with van der Waals surface area (Å²) in [7, 11) is 0. The highest BCUT2D eigenvalue weighted by atomic mass is 79.9. The third kappa shape index (κ3) is 6.28. The Kier molecular flexibility index (Phi) is 8.07. The molecule has 0 saturated heterocycles. The second-order valence-corrected chi connectivity index (χ2v) is 10.0. The van der Waals surface area contributed by atoms with Gasteiger partial charge in [-0.2, -0.15) is 18.3 Å². The molecule has 0 unspecified atom stereocenters. The monoisotopic (exact) mass is 603 g/mol. The van der Waals surface area contributed by atoms with Gasteiger partial charge in [-0.3, -0.25) is 14.3 Å². The molecule has 8 nitrogen and oxygen atoms in total. The molecule has 2 aromatic heterocycles. The second kappa shape index (κ2) is 11.1. The van der Waals surface area contributed by atoms with Crippen LogP contribution >= 0.6 is 15.9 Å². The Morgan fingerprint density at radius 3 is 2.41 bits per heavy atom. The number of amides is 2. The summed E-state index contributed by atoms with van der Waals surface area (Å²) in [5.74, 6) is -1.02. The van der Waals surface area contributed by atoms with E-state index in [1.54, 1.807) is 61.9 Å². The Morgan fingerprint density at radius 1 is 1.08 bits per heavy atom. The van der Waals surface area contributed by atoms with Gasteiger partial charge in [0.2, 0.25) is 0 Å². The number of aliphatic hydroxyl groups is 1. The van der Waals surface area contributed by atoms with Crippen molar-refractivity contribution in [2.24, 2.45) is 0 Å². The summed E-state index contributed by atoms with van der Waals surface area (Å²) in [6.45, 7) is 5.30. The van der Waals surface area contributed by atoms with Gasteiger partial charge in [-0.1, -0.05) is 28.1 Å². The van der Waals surface area contributed by atoms with Gasteiger partial charge in [0, 0.05) is 21.5 Å². The smallest absolute Gasteiger partial charge is 0.394 e. The van der Waals surface area contributed by atoms with Crippen LogP contribution in [-0.4, -0.2) is 44.3 Å². The third-order valence-corrected chi connectivity index (χ3v) is 6.62. The number of carbonyl (C=O) groups excluding carboxylic acids is 2. The standard InChI is InChI=1S/C27H25BrF3N5O3/c1-14(13-37)32-25(38)18-6-4-17(5-7-18)12-36-16(3)24(15(2)35-36)34-26(39)21-11-23(27(29,30)31)33-22-9-8-19(28)10-20(21)22/h4-11,14,37H,12-13H2,1-3H3,(H,32,38)(H,34,39)/t14-/m1/s1. The highest BCUT2D eigenvalue weighted by Gasteiger charge is 2.34. The van der Waals surface area contributed by atoms with Gasteiger partial charge in [-0.05, 0) is 62.7 Å². The number of rotatable bonds is 7. The minimum Gasteiger partial charge on any atom is -0.394 e. The van der Waals surface area contributed by atoms with Gasteiger partial charge < -0.3 is 15.7 Å². The van der Waals surface area contributed by atoms with E-state index < -0.39 is 17.8 Å². The van der Waals surface area contributed by atoms with E-state index in [2.05, 4.69) is 36.6 Å². The summed E-state index contributed by atoms with van der Waals surface area (Å²) in [5.41, 5.74) is 1.49. The summed E-state index contributed by atoms with van der Waals surface area (Å²) < 4.78 is 42.7. The Bertz CT molecular complexity index is 1550. The molecule has 0 bridgehead atoms. The third-order valence-electron chi connectivity index (χ3n) is 6.13. The number of aryl methyl sites for hydroxylation is 1. The van der Waals surface area contributed by atoms with Crippen LogP contribution in [0.2, 0.25) is 0 Å². The van der Waals surface area contributed by atoms with E-state index in [1.807, 2.05) is 0 Å². The molecule has 4 rings (SSSR count).